The van der Waals surface area contributed by atoms with E-state index in [1.54, 1.807) is 0 Å². The zero-order valence-electron chi connectivity index (χ0n) is 14.9. The van der Waals surface area contributed by atoms with Crippen molar-refractivity contribution in [3.8, 4) is 0 Å². The molecule has 2 fully saturated rings. The van der Waals surface area contributed by atoms with E-state index in [1.165, 1.54) is 12.8 Å². The summed E-state index contributed by atoms with van der Waals surface area (Å²) in [7, 11) is 2.18. The topological polar surface area (TPSA) is 36.4 Å². The molecule has 0 radical (unpaired) electrons. The van der Waals surface area contributed by atoms with Crippen LogP contribution in [0.15, 0.2) is 24.3 Å². The van der Waals surface area contributed by atoms with Crippen molar-refractivity contribution in [3.63, 3.8) is 0 Å². The number of amides is 1. The van der Waals surface area contributed by atoms with E-state index in [1.807, 2.05) is 31.2 Å². The van der Waals surface area contributed by atoms with E-state index in [2.05, 4.69) is 21.8 Å². The van der Waals surface area contributed by atoms with Crippen LogP contribution in [0.3, 0.4) is 0 Å². The van der Waals surface area contributed by atoms with Crippen molar-refractivity contribution < 1.29 is 4.79 Å². The van der Waals surface area contributed by atoms with Gasteiger partial charge < -0.3 is 9.80 Å². The summed E-state index contributed by atoms with van der Waals surface area (Å²) in [6.07, 6.45) is 3.50. The molecule has 2 aromatic rings. The van der Waals surface area contributed by atoms with Crippen LogP contribution < -0.4 is 0 Å². The fraction of sp³-hybridized carbons (Fsp3) is 0.500. The molecule has 5 heteroatoms. The smallest absolute Gasteiger partial charge is 0.254 e. The number of rotatable bonds is 1. The minimum Gasteiger partial charge on any atom is -0.338 e. The van der Waals surface area contributed by atoms with Gasteiger partial charge in [0.1, 0.15) is 0 Å². The molecule has 1 spiro atoms. The Kier molecular flexibility index (Phi) is 4.20. The molecule has 4 rings (SSSR count). The number of nitrogens with zero attached hydrogens (tertiary/aromatic N) is 3. The van der Waals surface area contributed by atoms with Gasteiger partial charge in [-0.3, -0.25) is 9.78 Å². The van der Waals surface area contributed by atoms with E-state index in [4.69, 9.17) is 11.6 Å². The molecule has 0 unspecified atom stereocenters. The number of carbonyl (C=O) groups is 1. The summed E-state index contributed by atoms with van der Waals surface area (Å²) in [4.78, 5) is 22.3. The maximum Gasteiger partial charge on any atom is 0.254 e. The first-order chi connectivity index (χ1) is 12.0. The monoisotopic (exact) mass is 357 g/mol. The molecule has 2 aliphatic rings. The predicted molar refractivity (Wildman–Crippen MR) is 101 cm³/mol. The van der Waals surface area contributed by atoms with E-state index < -0.39 is 0 Å². The van der Waals surface area contributed by atoms with Crippen molar-refractivity contribution in [1.29, 1.82) is 0 Å². The molecular weight excluding hydrogens is 334 g/mol. The molecule has 0 bridgehead atoms. The van der Waals surface area contributed by atoms with E-state index in [-0.39, 0.29) is 11.3 Å². The normalized spacial score (nSPS) is 24.4. The molecule has 3 heterocycles. The number of aromatic nitrogens is 1. The first-order valence-corrected chi connectivity index (χ1v) is 9.38. The number of likely N-dealkylation sites (tertiary alicyclic amines) is 2. The summed E-state index contributed by atoms with van der Waals surface area (Å²) in [5.74, 6) is 0.117. The van der Waals surface area contributed by atoms with Gasteiger partial charge in [0.2, 0.25) is 0 Å². The molecule has 0 saturated carbocycles. The number of halogens is 1. The van der Waals surface area contributed by atoms with Gasteiger partial charge in [-0.25, -0.2) is 0 Å². The first-order valence-electron chi connectivity index (χ1n) is 9.01. The van der Waals surface area contributed by atoms with Crippen molar-refractivity contribution >= 4 is 28.4 Å². The standard InChI is InChI=1S/C20H24ClN3O/c1-14-10-17(16-11-15(21)4-5-18(16)22-14)19(25)24-8-3-6-20(13-24)7-9-23(2)12-20/h4-5,10-11H,3,6-9,12-13H2,1-2H3/t20-/m1/s1. The molecule has 0 aliphatic carbocycles. The molecule has 4 nitrogen and oxygen atoms in total. The number of carbonyl (C=O) groups excluding carboxylic acids is 1. The highest BCUT2D eigenvalue weighted by Gasteiger charge is 2.41. The average molecular weight is 358 g/mol. The van der Waals surface area contributed by atoms with Gasteiger partial charge in [-0.05, 0) is 64.0 Å². The van der Waals surface area contributed by atoms with Gasteiger partial charge in [0.05, 0.1) is 11.1 Å². The summed E-state index contributed by atoms with van der Waals surface area (Å²) >= 11 is 6.18. The van der Waals surface area contributed by atoms with Gasteiger partial charge in [-0.2, -0.15) is 0 Å². The van der Waals surface area contributed by atoms with Crippen LogP contribution in [0.2, 0.25) is 5.02 Å². The fourth-order valence-corrected chi connectivity index (χ4v) is 4.72. The third-order valence-electron chi connectivity index (χ3n) is 5.71. The van der Waals surface area contributed by atoms with E-state index >= 15 is 0 Å². The predicted octanol–water partition coefficient (Wildman–Crippen LogP) is 3.75. The molecule has 1 amide bonds. The van der Waals surface area contributed by atoms with Crippen molar-refractivity contribution in [1.82, 2.24) is 14.8 Å². The SMILES string of the molecule is Cc1cc(C(=O)N2CCC[C@]3(CCN(C)C3)C2)c2cc(Cl)ccc2n1. The second kappa shape index (κ2) is 6.26. The zero-order chi connectivity index (χ0) is 17.6. The zero-order valence-corrected chi connectivity index (χ0v) is 15.6. The average Bonchev–Trinajstić information content (AvgIpc) is 2.94. The number of pyridine rings is 1. The van der Waals surface area contributed by atoms with E-state index in [0.29, 0.717) is 5.02 Å². The molecule has 2 saturated heterocycles. The number of aryl methyl sites for hydroxylation is 1. The third-order valence-corrected chi connectivity index (χ3v) is 5.94. The van der Waals surface area contributed by atoms with Gasteiger partial charge in [0, 0.05) is 41.2 Å². The Bertz CT molecular complexity index is 833. The number of hydrogen-bond acceptors (Lipinski definition) is 3. The summed E-state index contributed by atoms with van der Waals surface area (Å²) in [5, 5.41) is 1.49. The largest absolute Gasteiger partial charge is 0.338 e. The highest BCUT2D eigenvalue weighted by molar-refractivity contribution is 6.31. The van der Waals surface area contributed by atoms with Gasteiger partial charge in [-0.1, -0.05) is 11.6 Å². The van der Waals surface area contributed by atoms with Crippen LogP contribution in [0.4, 0.5) is 0 Å². The van der Waals surface area contributed by atoms with Crippen LogP contribution in [0, 0.1) is 12.3 Å². The van der Waals surface area contributed by atoms with Crippen molar-refractivity contribution in [2.45, 2.75) is 26.2 Å². The Morgan fingerprint density at radius 1 is 1.20 bits per heavy atom. The van der Waals surface area contributed by atoms with Crippen LogP contribution in [0.1, 0.15) is 35.3 Å². The lowest BCUT2D eigenvalue weighted by Crippen LogP contribution is -2.47. The highest BCUT2D eigenvalue weighted by atomic mass is 35.5. The molecule has 132 valence electrons. The Labute approximate surface area is 153 Å². The van der Waals surface area contributed by atoms with E-state index in [0.717, 1.165) is 54.8 Å². The van der Waals surface area contributed by atoms with Gasteiger partial charge in [0.25, 0.3) is 5.91 Å². The lowest BCUT2D eigenvalue weighted by atomic mass is 9.79. The number of fused-ring (bicyclic) bond motifs is 1. The summed E-state index contributed by atoms with van der Waals surface area (Å²) < 4.78 is 0. The van der Waals surface area contributed by atoms with Crippen LogP contribution in [0.25, 0.3) is 10.9 Å². The highest BCUT2D eigenvalue weighted by Crippen LogP contribution is 2.39. The molecule has 25 heavy (non-hydrogen) atoms. The first kappa shape index (κ1) is 16.8. The van der Waals surface area contributed by atoms with Crippen LogP contribution >= 0.6 is 11.6 Å². The van der Waals surface area contributed by atoms with Gasteiger partial charge in [-0.15, -0.1) is 0 Å². The summed E-state index contributed by atoms with van der Waals surface area (Å²) in [5.41, 5.74) is 2.71. The number of hydrogen-bond donors (Lipinski definition) is 0. The van der Waals surface area contributed by atoms with Crippen molar-refractivity contribution in [2.24, 2.45) is 5.41 Å². The summed E-state index contributed by atoms with van der Waals surface area (Å²) in [6, 6.07) is 7.49. The number of benzene rings is 1. The lowest BCUT2D eigenvalue weighted by molar-refractivity contribution is 0.0536. The maximum absolute atomic E-state index is 13.3. The minimum atomic E-state index is 0.117. The molecule has 2 aliphatic heterocycles. The second-order valence-corrected chi connectivity index (χ2v) is 8.23. The molecule has 1 aromatic heterocycles. The Balaban J connectivity index is 1.69. The van der Waals surface area contributed by atoms with Crippen molar-refractivity contribution in [2.75, 3.05) is 33.2 Å². The van der Waals surface area contributed by atoms with Crippen LogP contribution in [0.5, 0.6) is 0 Å². The second-order valence-electron chi connectivity index (χ2n) is 7.79. The van der Waals surface area contributed by atoms with Gasteiger partial charge in [0.15, 0.2) is 0 Å². The fourth-order valence-electron chi connectivity index (χ4n) is 4.55. The van der Waals surface area contributed by atoms with E-state index in [9.17, 15) is 4.79 Å². The molecular formula is C20H24ClN3O. The molecule has 0 N–H and O–H groups in total. The Morgan fingerprint density at radius 3 is 2.80 bits per heavy atom. The minimum absolute atomic E-state index is 0.117. The quantitative estimate of drug-likeness (QED) is 0.779. The number of piperidine rings is 1. The third kappa shape index (κ3) is 3.13. The van der Waals surface area contributed by atoms with Crippen molar-refractivity contribution in [3.05, 3.63) is 40.5 Å². The van der Waals surface area contributed by atoms with Gasteiger partial charge >= 0.3 is 0 Å². The van der Waals surface area contributed by atoms with Crippen LogP contribution in [-0.4, -0.2) is 53.9 Å². The Morgan fingerprint density at radius 2 is 2.04 bits per heavy atom. The maximum atomic E-state index is 13.3. The molecule has 1 atom stereocenters. The lowest BCUT2D eigenvalue weighted by Gasteiger charge is -2.40. The molecule has 1 aromatic carbocycles. The Hall–Kier alpha value is -1.65. The summed E-state index contributed by atoms with van der Waals surface area (Å²) in [6.45, 7) is 5.87. The van der Waals surface area contributed by atoms with Crippen LogP contribution in [-0.2, 0) is 0 Å².